The molecule has 0 unspecified atom stereocenters. The molecule has 1 aliphatic heterocycles. The summed E-state index contributed by atoms with van der Waals surface area (Å²) in [5, 5.41) is 14.8. The largest absolute Gasteiger partial charge is 0.370 e. The number of rotatable bonds is 7. The van der Waals surface area contributed by atoms with Gasteiger partial charge in [0.25, 0.3) is 0 Å². The molecule has 2 aromatic heterocycles. The van der Waals surface area contributed by atoms with E-state index in [0.717, 1.165) is 55.4 Å². The molecule has 0 spiro atoms. The number of aryl methyl sites for hydroxylation is 1. The van der Waals surface area contributed by atoms with Gasteiger partial charge in [0.05, 0.1) is 5.69 Å². The fourth-order valence-corrected chi connectivity index (χ4v) is 3.37. The van der Waals surface area contributed by atoms with Crippen molar-refractivity contribution >= 4 is 0 Å². The van der Waals surface area contributed by atoms with Crippen LogP contribution in [0.4, 0.5) is 0 Å². The van der Waals surface area contributed by atoms with Gasteiger partial charge >= 0.3 is 0 Å². The van der Waals surface area contributed by atoms with Crippen molar-refractivity contribution in [2.45, 2.75) is 32.4 Å². The molecule has 1 aromatic carbocycles. The third-order valence-electron chi connectivity index (χ3n) is 4.75. The van der Waals surface area contributed by atoms with Gasteiger partial charge in [-0.2, -0.15) is 5.10 Å². The standard InChI is InChI=1S/C19H23N5O2/c1-13-21-19(23-22-13)18-15(7-8-25-18)10-20-11-16-12-26-24-17(16)9-14-5-3-2-4-6-14/h2-6,12,15,18,20H,7-11H2,1H3,(H,21,22,23)/t15-,18-/m0/s1. The average molecular weight is 353 g/mol. The van der Waals surface area contributed by atoms with Crippen LogP contribution in [0, 0.1) is 12.8 Å². The number of H-pyrrole nitrogens is 1. The Bertz CT molecular complexity index is 829. The monoisotopic (exact) mass is 353 g/mol. The summed E-state index contributed by atoms with van der Waals surface area (Å²) in [6.45, 7) is 4.21. The Hall–Kier alpha value is -2.51. The third kappa shape index (κ3) is 3.84. The summed E-state index contributed by atoms with van der Waals surface area (Å²) in [5.74, 6) is 1.93. The second kappa shape index (κ2) is 7.80. The molecule has 0 aliphatic carbocycles. The summed E-state index contributed by atoms with van der Waals surface area (Å²) in [5.41, 5.74) is 3.30. The van der Waals surface area contributed by atoms with Gasteiger partial charge < -0.3 is 14.6 Å². The van der Waals surface area contributed by atoms with Crippen LogP contribution in [0.5, 0.6) is 0 Å². The van der Waals surface area contributed by atoms with Gasteiger partial charge in [0.15, 0.2) is 5.82 Å². The van der Waals surface area contributed by atoms with Gasteiger partial charge in [0, 0.05) is 37.6 Å². The predicted octanol–water partition coefficient (Wildman–Crippen LogP) is 2.56. The molecule has 2 N–H and O–H groups in total. The minimum atomic E-state index is -0.0429. The van der Waals surface area contributed by atoms with E-state index in [0.29, 0.717) is 5.92 Å². The molecule has 7 heteroatoms. The molecule has 1 saturated heterocycles. The van der Waals surface area contributed by atoms with Crippen LogP contribution in [-0.4, -0.2) is 33.5 Å². The molecule has 0 bridgehead atoms. The fraction of sp³-hybridized carbons (Fsp3) is 0.421. The first-order valence-electron chi connectivity index (χ1n) is 8.97. The number of aromatic amines is 1. The van der Waals surface area contributed by atoms with Gasteiger partial charge in [0.2, 0.25) is 0 Å². The zero-order chi connectivity index (χ0) is 17.8. The zero-order valence-electron chi connectivity index (χ0n) is 14.8. The number of nitrogens with one attached hydrogen (secondary N) is 2. The molecule has 7 nitrogen and oxygen atoms in total. The number of aromatic nitrogens is 4. The molecule has 2 atom stereocenters. The quantitative estimate of drug-likeness (QED) is 0.679. The first kappa shape index (κ1) is 16.9. The highest BCUT2D eigenvalue weighted by Gasteiger charge is 2.32. The number of nitrogens with zero attached hydrogens (tertiary/aromatic N) is 3. The number of hydrogen-bond acceptors (Lipinski definition) is 6. The Kier molecular flexibility index (Phi) is 5.08. The Balaban J connectivity index is 1.33. The molecular formula is C19H23N5O2. The molecule has 3 aromatic rings. The van der Waals surface area contributed by atoms with E-state index in [-0.39, 0.29) is 6.10 Å². The average Bonchev–Trinajstić information content (AvgIpc) is 3.38. The van der Waals surface area contributed by atoms with Crippen LogP contribution >= 0.6 is 0 Å². The van der Waals surface area contributed by atoms with Gasteiger partial charge in [0.1, 0.15) is 18.2 Å². The van der Waals surface area contributed by atoms with Crippen molar-refractivity contribution in [1.29, 1.82) is 0 Å². The van der Waals surface area contributed by atoms with E-state index in [1.807, 2.05) is 25.1 Å². The third-order valence-corrected chi connectivity index (χ3v) is 4.75. The van der Waals surface area contributed by atoms with E-state index in [1.165, 1.54) is 5.56 Å². The van der Waals surface area contributed by atoms with E-state index in [2.05, 4.69) is 37.8 Å². The lowest BCUT2D eigenvalue weighted by Gasteiger charge is -2.16. The van der Waals surface area contributed by atoms with Gasteiger partial charge in [-0.15, -0.1) is 0 Å². The molecule has 0 saturated carbocycles. The van der Waals surface area contributed by atoms with Crippen molar-refractivity contribution in [3.05, 3.63) is 65.1 Å². The molecule has 1 fully saturated rings. The molecule has 1 aliphatic rings. The lowest BCUT2D eigenvalue weighted by atomic mass is 10.0. The van der Waals surface area contributed by atoms with E-state index >= 15 is 0 Å². The second-order valence-corrected chi connectivity index (χ2v) is 6.70. The van der Waals surface area contributed by atoms with Crippen molar-refractivity contribution in [3.8, 4) is 0 Å². The van der Waals surface area contributed by atoms with Crippen LogP contribution in [0.15, 0.2) is 41.1 Å². The smallest absolute Gasteiger partial charge is 0.179 e. The minimum Gasteiger partial charge on any atom is -0.370 e. The maximum absolute atomic E-state index is 5.84. The lowest BCUT2D eigenvalue weighted by molar-refractivity contribution is 0.0835. The van der Waals surface area contributed by atoms with E-state index in [1.54, 1.807) is 6.26 Å². The van der Waals surface area contributed by atoms with Gasteiger partial charge in [-0.05, 0) is 18.9 Å². The SMILES string of the molecule is Cc1nc([C@H]2OCC[C@H]2CNCc2conc2Cc2ccccc2)n[nH]1. The van der Waals surface area contributed by atoms with Crippen LogP contribution in [0.25, 0.3) is 0 Å². The highest BCUT2D eigenvalue weighted by Crippen LogP contribution is 2.32. The second-order valence-electron chi connectivity index (χ2n) is 6.70. The van der Waals surface area contributed by atoms with E-state index < -0.39 is 0 Å². The Labute approximate surface area is 152 Å². The van der Waals surface area contributed by atoms with Crippen LogP contribution in [0.3, 0.4) is 0 Å². The molecular weight excluding hydrogens is 330 g/mol. The molecule has 26 heavy (non-hydrogen) atoms. The molecule has 0 amide bonds. The van der Waals surface area contributed by atoms with Crippen LogP contribution in [-0.2, 0) is 17.7 Å². The highest BCUT2D eigenvalue weighted by atomic mass is 16.5. The fourth-order valence-electron chi connectivity index (χ4n) is 3.37. The maximum Gasteiger partial charge on any atom is 0.179 e. The Morgan fingerprint density at radius 3 is 2.96 bits per heavy atom. The van der Waals surface area contributed by atoms with E-state index in [4.69, 9.17) is 9.26 Å². The molecule has 4 rings (SSSR count). The summed E-state index contributed by atoms with van der Waals surface area (Å²) in [4.78, 5) is 4.42. The van der Waals surface area contributed by atoms with Crippen LogP contribution < -0.4 is 5.32 Å². The summed E-state index contributed by atoms with van der Waals surface area (Å²) in [6, 6.07) is 10.3. The topological polar surface area (TPSA) is 88.9 Å². The number of ether oxygens (including phenoxy) is 1. The predicted molar refractivity (Wildman–Crippen MR) is 95.4 cm³/mol. The van der Waals surface area contributed by atoms with E-state index in [9.17, 15) is 0 Å². The van der Waals surface area contributed by atoms with Gasteiger partial charge in [-0.1, -0.05) is 35.5 Å². The van der Waals surface area contributed by atoms with Gasteiger partial charge in [-0.25, -0.2) is 4.98 Å². The van der Waals surface area contributed by atoms with Crippen molar-refractivity contribution in [3.63, 3.8) is 0 Å². The maximum atomic E-state index is 5.84. The number of benzene rings is 1. The first-order chi connectivity index (χ1) is 12.8. The Morgan fingerprint density at radius 2 is 2.15 bits per heavy atom. The van der Waals surface area contributed by atoms with Crippen molar-refractivity contribution in [2.75, 3.05) is 13.2 Å². The Morgan fingerprint density at radius 1 is 1.27 bits per heavy atom. The summed E-state index contributed by atoms with van der Waals surface area (Å²) in [7, 11) is 0. The lowest BCUT2D eigenvalue weighted by Crippen LogP contribution is -2.25. The summed E-state index contributed by atoms with van der Waals surface area (Å²) in [6.07, 6.45) is 3.47. The number of hydrogen-bond donors (Lipinski definition) is 2. The van der Waals surface area contributed by atoms with Crippen molar-refractivity contribution < 1.29 is 9.26 Å². The van der Waals surface area contributed by atoms with Crippen LogP contribution in [0.2, 0.25) is 0 Å². The highest BCUT2D eigenvalue weighted by molar-refractivity contribution is 5.25. The summed E-state index contributed by atoms with van der Waals surface area (Å²) < 4.78 is 11.0. The first-order valence-corrected chi connectivity index (χ1v) is 8.97. The summed E-state index contributed by atoms with van der Waals surface area (Å²) >= 11 is 0. The zero-order valence-corrected chi connectivity index (χ0v) is 14.8. The van der Waals surface area contributed by atoms with Crippen molar-refractivity contribution in [1.82, 2.24) is 25.7 Å². The normalized spacial score (nSPS) is 19.9. The van der Waals surface area contributed by atoms with Crippen LogP contribution in [0.1, 0.15) is 41.0 Å². The molecule has 0 radical (unpaired) electrons. The molecule has 136 valence electrons. The molecule has 3 heterocycles. The van der Waals surface area contributed by atoms with Gasteiger partial charge in [-0.3, -0.25) is 5.10 Å². The van der Waals surface area contributed by atoms with Crippen molar-refractivity contribution in [2.24, 2.45) is 5.92 Å². The minimum absolute atomic E-state index is 0.0429.